The van der Waals surface area contributed by atoms with Crippen LogP contribution in [-0.2, 0) is 13.0 Å². The molecule has 6 heteroatoms. The quantitative estimate of drug-likeness (QED) is 0.342. The first-order valence-electron chi connectivity index (χ1n) is 6.95. The van der Waals surface area contributed by atoms with Gasteiger partial charge in [0.15, 0.2) is 5.96 Å². The van der Waals surface area contributed by atoms with Gasteiger partial charge in [-0.1, -0.05) is 19.1 Å². The van der Waals surface area contributed by atoms with Crippen LogP contribution in [0.2, 0.25) is 0 Å². The zero-order valence-electron chi connectivity index (χ0n) is 12.1. The van der Waals surface area contributed by atoms with Crippen molar-refractivity contribution in [2.45, 2.75) is 45.7 Å². The molecular formula is C14H23IN4S. The number of aromatic nitrogens is 1. The molecule has 1 aliphatic rings. The molecule has 0 spiro atoms. The maximum atomic E-state index is 4.61. The van der Waals surface area contributed by atoms with E-state index in [0.29, 0.717) is 12.6 Å². The van der Waals surface area contributed by atoms with Crippen LogP contribution in [0.5, 0.6) is 0 Å². The minimum absolute atomic E-state index is 0. The maximum Gasteiger partial charge on any atom is 0.191 e. The average molecular weight is 406 g/mol. The molecule has 1 aliphatic carbocycles. The second-order valence-electron chi connectivity index (χ2n) is 4.57. The van der Waals surface area contributed by atoms with Crippen molar-refractivity contribution in [3.05, 3.63) is 28.2 Å². The highest BCUT2D eigenvalue weighted by Crippen LogP contribution is 2.11. The minimum atomic E-state index is 0. The molecule has 2 N–H and O–H groups in total. The number of aryl methyl sites for hydroxylation is 1. The second kappa shape index (κ2) is 9.33. The predicted molar refractivity (Wildman–Crippen MR) is 97.0 cm³/mol. The largest absolute Gasteiger partial charge is 0.357 e. The summed E-state index contributed by atoms with van der Waals surface area (Å²) in [4.78, 5) is 9.14. The van der Waals surface area contributed by atoms with Crippen molar-refractivity contribution in [3.8, 4) is 0 Å². The zero-order valence-corrected chi connectivity index (χ0v) is 15.2. The average Bonchev–Trinajstić information content (AvgIpc) is 3.07. The summed E-state index contributed by atoms with van der Waals surface area (Å²) in [6.45, 7) is 5.74. The van der Waals surface area contributed by atoms with Crippen LogP contribution in [0.25, 0.3) is 0 Å². The lowest BCUT2D eigenvalue weighted by molar-refractivity contribution is 0.633. The van der Waals surface area contributed by atoms with E-state index in [1.165, 1.54) is 5.01 Å². The Hall–Kier alpha value is -0.630. The molecule has 112 valence electrons. The van der Waals surface area contributed by atoms with Gasteiger partial charge in [-0.3, -0.25) is 0 Å². The van der Waals surface area contributed by atoms with Gasteiger partial charge >= 0.3 is 0 Å². The smallest absolute Gasteiger partial charge is 0.191 e. The number of nitrogens with zero attached hydrogens (tertiary/aromatic N) is 2. The summed E-state index contributed by atoms with van der Waals surface area (Å²) < 4.78 is 0. The third-order valence-corrected chi connectivity index (χ3v) is 4.04. The molecule has 0 amide bonds. The molecule has 1 heterocycles. The third kappa shape index (κ3) is 5.40. The van der Waals surface area contributed by atoms with E-state index in [0.717, 1.165) is 37.5 Å². The van der Waals surface area contributed by atoms with Gasteiger partial charge in [0.1, 0.15) is 0 Å². The molecule has 0 fully saturated rings. The van der Waals surface area contributed by atoms with Gasteiger partial charge in [0, 0.05) is 18.0 Å². The fourth-order valence-corrected chi connectivity index (χ4v) is 2.73. The van der Waals surface area contributed by atoms with Gasteiger partial charge in [0.2, 0.25) is 0 Å². The molecule has 0 aromatic carbocycles. The molecular weight excluding hydrogens is 383 g/mol. The van der Waals surface area contributed by atoms with E-state index < -0.39 is 0 Å². The summed E-state index contributed by atoms with van der Waals surface area (Å²) >= 11 is 1.72. The number of hydrogen-bond donors (Lipinski definition) is 2. The summed E-state index contributed by atoms with van der Waals surface area (Å²) in [5.41, 5.74) is 1.06. The molecule has 0 bridgehead atoms. The highest BCUT2D eigenvalue weighted by atomic mass is 127. The lowest BCUT2D eigenvalue weighted by Crippen LogP contribution is -2.42. The molecule has 4 nitrogen and oxygen atoms in total. The van der Waals surface area contributed by atoms with Crippen molar-refractivity contribution < 1.29 is 0 Å². The zero-order chi connectivity index (χ0) is 13.5. The number of nitrogens with one attached hydrogen (secondary N) is 2. The SMILES string of the molecule is CCNC(=NCc1csc(CC)n1)NC1CC=CC1.I. The summed E-state index contributed by atoms with van der Waals surface area (Å²) in [7, 11) is 0. The van der Waals surface area contributed by atoms with Gasteiger partial charge in [-0.25, -0.2) is 9.98 Å². The van der Waals surface area contributed by atoms with Gasteiger partial charge in [-0.15, -0.1) is 35.3 Å². The summed E-state index contributed by atoms with van der Waals surface area (Å²) in [5.74, 6) is 0.891. The molecule has 0 aliphatic heterocycles. The summed E-state index contributed by atoms with van der Waals surface area (Å²) in [5, 5.41) is 10.0. The lowest BCUT2D eigenvalue weighted by atomic mass is 10.2. The maximum absolute atomic E-state index is 4.61. The van der Waals surface area contributed by atoms with E-state index in [9.17, 15) is 0 Å². The van der Waals surface area contributed by atoms with Crippen molar-refractivity contribution in [2.24, 2.45) is 4.99 Å². The van der Waals surface area contributed by atoms with Crippen LogP contribution in [0.15, 0.2) is 22.5 Å². The number of rotatable bonds is 5. The van der Waals surface area contributed by atoms with Crippen molar-refractivity contribution in [2.75, 3.05) is 6.54 Å². The topological polar surface area (TPSA) is 49.3 Å². The van der Waals surface area contributed by atoms with E-state index in [1.807, 2.05) is 0 Å². The van der Waals surface area contributed by atoms with E-state index in [1.54, 1.807) is 11.3 Å². The van der Waals surface area contributed by atoms with Crippen molar-refractivity contribution in [3.63, 3.8) is 0 Å². The number of halogens is 1. The molecule has 0 saturated heterocycles. The fourth-order valence-electron chi connectivity index (χ4n) is 1.99. The Bertz CT molecular complexity index is 448. The minimum Gasteiger partial charge on any atom is -0.357 e. The number of guanidine groups is 1. The first kappa shape index (κ1) is 17.4. The predicted octanol–water partition coefficient (Wildman–Crippen LogP) is 3.10. The van der Waals surface area contributed by atoms with Gasteiger partial charge in [-0.05, 0) is 26.2 Å². The van der Waals surface area contributed by atoms with Crippen LogP contribution in [0.1, 0.15) is 37.4 Å². The van der Waals surface area contributed by atoms with Crippen LogP contribution in [0.4, 0.5) is 0 Å². The first-order valence-corrected chi connectivity index (χ1v) is 7.83. The van der Waals surface area contributed by atoms with Crippen LogP contribution in [-0.4, -0.2) is 23.5 Å². The highest BCUT2D eigenvalue weighted by Gasteiger charge is 2.11. The Kier molecular flexibility index (Phi) is 8.13. The fraction of sp³-hybridized carbons (Fsp3) is 0.571. The Morgan fingerprint density at radius 3 is 2.75 bits per heavy atom. The molecule has 1 aromatic heterocycles. The number of thiazole rings is 1. The van der Waals surface area contributed by atoms with E-state index >= 15 is 0 Å². The molecule has 0 saturated carbocycles. The molecule has 1 aromatic rings. The Labute approximate surface area is 142 Å². The monoisotopic (exact) mass is 406 g/mol. The van der Waals surface area contributed by atoms with Crippen LogP contribution >= 0.6 is 35.3 Å². The molecule has 0 unspecified atom stereocenters. The third-order valence-electron chi connectivity index (χ3n) is 2.99. The Morgan fingerprint density at radius 1 is 1.40 bits per heavy atom. The highest BCUT2D eigenvalue weighted by molar-refractivity contribution is 14.0. The summed E-state index contributed by atoms with van der Waals surface area (Å²) in [6.07, 6.45) is 7.60. The van der Waals surface area contributed by atoms with E-state index in [4.69, 9.17) is 0 Å². The van der Waals surface area contributed by atoms with Gasteiger partial charge < -0.3 is 10.6 Å². The van der Waals surface area contributed by atoms with Gasteiger partial charge in [0.05, 0.1) is 17.2 Å². The van der Waals surface area contributed by atoms with Crippen LogP contribution in [0.3, 0.4) is 0 Å². The van der Waals surface area contributed by atoms with E-state index in [-0.39, 0.29) is 24.0 Å². The molecule has 20 heavy (non-hydrogen) atoms. The Balaban J connectivity index is 0.00000200. The van der Waals surface area contributed by atoms with Gasteiger partial charge in [0.25, 0.3) is 0 Å². The van der Waals surface area contributed by atoms with Crippen molar-refractivity contribution >= 4 is 41.3 Å². The number of aliphatic imine (C=N–C) groups is 1. The standard InChI is InChI=1S/C14H22N4S.HI/c1-3-13-17-12(10-19-13)9-16-14(15-4-2)18-11-7-5-6-8-11;/h5-6,10-11H,3-4,7-9H2,1-2H3,(H2,15,16,18);1H. The van der Waals surface area contributed by atoms with Crippen LogP contribution < -0.4 is 10.6 Å². The lowest BCUT2D eigenvalue weighted by Gasteiger charge is -2.16. The van der Waals surface area contributed by atoms with Crippen LogP contribution in [0, 0.1) is 0 Å². The number of hydrogen-bond acceptors (Lipinski definition) is 3. The summed E-state index contributed by atoms with van der Waals surface area (Å²) in [6, 6.07) is 0.486. The molecule has 0 atom stereocenters. The first-order chi connectivity index (χ1) is 9.31. The normalized spacial score (nSPS) is 15.2. The Morgan fingerprint density at radius 2 is 2.15 bits per heavy atom. The second-order valence-corrected chi connectivity index (χ2v) is 5.51. The molecule has 0 radical (unpaired) electrons. The van der Waals surface area contributed by atoms with Crippen molar-refractivity contribution in [1.82, 2.24) is 15.6 Å². The molecule has 2 rings (SSSR count). The van der Waals surface area contributed by atoms with Gasteiger partial charge in [-0.2, -0.15) is 0 Å². The van der Waals surface area contributed by atoms with Crippen molar-refractivity contribution in [1.29, 1.82) is 0 Å². The van der Waals surface area contributed by atoms with E-state index in [2.05, 4.69) is 52.0 Å².